The van der Waals surface area contributed by atoms with Crippen molar-refractivity contribution in [1.29, 1.82) is 0 Å². The summed E-state index contributed by atoms with van der Waals surface area (Å²) in [5.41, 5.74) is -1.86. The molecule has 0 bridgehead atoms. The molecule has 0 radical (unpaired) electrons. The second-order valence-electron chi connectivity index (χ2n) is 15.7. The fourth-order valence-electron chi connectivity index (χ4n) is 6.84. The maximum atomic E-state index is 12.8. The van der Waals surface area contributed by atoms with E-state index in [2.05, 4.69) is 38.0 Å². The minimum atomic E-state index is -5.84. The van der Waals surface area contributed by atoms with Crippen molar-refractivity contribution >= 4 is 54.0 Å². The number of fused-ring (bicyclic) bond motifs is 4. The Labute approximate surface area is 346 Å². The van der Waals surface area contributed by atoms with Crippen LogP contribution < -0.4 is 13.7 Å². The predicted octanol–water partition coefficient (Wildman–Crippen LogP) is 7.91. The summed E-state index contributed by atoms with van der Waals surface area (Å²) in [5.74, 6) is 2.12. The van der Waals surface area contributed by atoms with Crippen molar-refractivity contribution in [2.75, 3.05) is 39.6 Å². The Hall–Kier alpha value is -6.50. The SMILES string of the molecule is CC1(COc2ccc3c(c2)ncn3-c2ccc3cccc(O)c3n2)COC1.CC1(COc2ccc3c(c2)ncn3-c2ccc3cccc(OS(=O)(=O)C(F)(F)F)c3n2)COC1. The molecule has 0 spiro atoms. The normalized spacial score (nSPS) is 15.8. The van der Waals surface area contributed by atoms with E-state index in [-0.39, 0.29) is 22.1 Å². The number of hydrogen-bond acceptors (Lipinski definition) is 12. The minimum absolute atomic E-state index is 0.0112. The van der Waals surface area contributed by atoms with Gasteiger partial charge >= 0.3 is 15.6 Å². The Morgan fingerprint density at radius 3 is 1.67 bits per heavy atom. The quantitative estimate of drug-likeness (QED) is 0.105. The van der Waals surface area contributed by atoms with Gasteiger partial charge in [-0.3, -0.25) is 9.13 Å². The van der Waals surface area contributed by atoms with E-state index in [0.29, 0.717) is 65.7 Å². The standard InChI is InChI=1S/C22H18F3N3O5S.C21H19N3O3/c1-21(10-31-11-21)12-32-15-6-7-17-16(9-15)26-13-28(17)19-8-5-14-3-2-4-18(20(14)27-19)33-34(29,30)22(23,24)25;1-21(10-26-11-21)12-27-15-6-7-17-16(9-15)22-13-24(17)19-8-5-14-3-2-4-18(25)20(14)23-19/h2-9,13H,10-12H2,1H3;2-9,13,25H,10-12H2,1H3. The number of aromatic nitrogens is 6. The van der Waals surface area contributed by atoms with E-state index in [0.717, 1.165) is 41.4 Å². The predicted molar refractivity (Wildman–Crippen MR) is 219 cm³/mol. The van der Waals surface area contributed by atoms with Crippen LogP contribution in [0.1, 0.15) is 13.8 Å². The number of ether oxygens (including phenoxy) is 4. The topological polar surface area (TPSA) is 162 Å². The molecule has 61 heavy (non-hydrogen) atoms. The average molecular weight is 855 g/mol. The van der Waals surface area contributed by atoms with Gasteiger partial charge in [0.05, 0.1) is 61.7 Å². The number of hydrogen-bond donors (Lipinski definition) is 1. The number of halogens is 3. The van der Waals surface area contributed by atoms with Crippen LogP contribution in [0.3, 0.4) is 0 Å². The van der Waals surface area contributed by atoms with Gasteiger partial charge in [0.15, 0.2) is 5.75 Å². The summed E-state index contributed by atoms with van der Waals surface area (Å²) < 4.78 is 91.7. The number of alkyl halides is 3. The summed E-state index contributed by atoms with van der Waals surface area (Å²) in [7, 11) is -5.84. The molecule has 4 aromatic heterocycles. The molecule has 2 aliphatic heterocycles. The molecule has 0 amide bonds. The van der Waals surface area contributed by atoms with Crippen molar-refractivity contribution < 1.29 is 49.8 Å². The molecule has 0 aliphatic carbocycles. The van der Waals surface area contributed by atoms with Crippen LogP contribution in [0.25, 0.3) is 55.5 Å². The summed E-state index contributed by atoms with van der Waals surface area (Å²) >= 11 is 0. The van der Waals surface area contributed by atoms with Gasteiger partial charge in [-0.2, -0.15) is 21.6 Å². The zero-order chi connectivity index (χ0) is 42.6. The highest BCUT2D eigenvalue weighted by Gasteiger charge is 2.49. The van der Waals surface area contributed by atoms with E-state index in [1.54, 1.807) is 53.4 Å². The van der Waals surface area contributed by atoms with Crippen molar-refractivity contribution in [2.45, 2.75) is 19.4 Å². The van der Waals surface area contributed by atoms with E-state index >= 15 is 0 Å². The summed E-state index contributed by atoms with van der Waals surface area (Å²) in [6.45, 7) is 8.15. The Bertz CT molecular complexity index is 3060. The van der Waals surface area contributed by atoms with Crippen LogP contribution in [0, 0.1) is 10.8 Å². The van der Waals surface area contributed by atoms with Crippen LogP contribution in [0.5, 0.6) is 23.0 Å². The average Bonchev–Trinajstić information content (AvgIpc) is 3.85. The minimum Gasteiger partial charge on any atom is -0.506 e. The smallest absolute Gasteiger partial charge is 0.506 e. The van der Waals surface area contributed by atoms with Gasteiger partial charge in [-0.15, -0.1) is 0 Å². The fraction of sp³-hybridized carbons (Fsp3) is 0.256. The zero-order valence-electron chi connectivity index (χ0n) is 32.7. The second-order valence-corrected chi connectivity index (χ2v) is 17.3. The van der Waals surface area contributed by atoms with Gasteiger partial charge in [-0.25, -0.2) is 19.9 Å². The molecule has 0 saturated carbocycles. The number of imidazole rings is 2. The molecule has 6 heterocycles. The molecule has 0 unspecified atom stereocenters. The molecule has 18 heteroatoms. The molecular formula is C43H37F3N6O8S. The Morgan fingerprint density at radius 1 is 0.689 bits per heavy atom. The van der Waals surface area contributed by atoms with Crippen LogP contribution in [-0.4, -0.2) is 87.7 Å². The van der Waals surface area contributed by atoms with Crippen LogP contribution >= 0.6 is 0 Å². The monoisotopic (exact) mass is 854 g/mol. The van der Waals surface area contributed by atoms with Crippen molar-refractivity contribution in [2.24, 2.45) is 10.8 Å². The highest BCUT2D eigenvalue weighted by atomic mass is 32.2. The van der Waals surface area contributed by atoms with Crippen molar-refractivity contribution in [3.05, 3.63) is 110 Å². The van der Waals surface area contributed by atoms with E-state index in [9.17, 15) is 26.7 Å². The third-order valence-corrected chi connectivity index (χ3v) is 11.3. The lowest BCUT2D eigenvalue weighted by molar-refractivity contribution is -0.120. The molecule has 2 fully saturated rings. The first kappa shape index (κ1) is 39.9. The number of phenolic OH excluding ortho intramolecular Hbond substituents is 1. The summed E-state index contributed by atoms with van der Waals surface area (Å²) in [6.07, 6.45) is 3.25. The first-order valence-electron chi connectivity index (χ1n) is 19.0. The first-order valence-corrected chi connectivity index (χ1v) is 20.4. The number of rotatable bonds is 10. The molecule has 8 aromatic rings. The molecule has 314 valence electrons. The Morgan fingerprint density at radius 2 is 1.18 bits per heavy atom. The number of aromatic hydroxyl groups is 1. The fourth-order valence-corrected chi connectivity index (χ4v) is 7.31. The number of phenols is 1. The van der Waals surface area contributed by atoms with E-state index in [1.165, 1.54) is 12.4 Å². The Balaban J connectivity index is 0.000000160. The number of benzene rings is 4. The van der Waals surface area contributed by atoms with Gasteiger partial charge in [0.25, 0.3) is 0 Å². The third-order valence-electron chi connectivity index (χ3n) is 10.3. The van der Waals surface area contributed by atoms with Gasteiger partial charge in [-0.05, 0) is 60.7 Å². The van der Waals surface area contributed by atoms with Crippen LogP contribution in [0.15, 0.2) is 110 Å². The molecule has 0 atom stereocenters. The zero-order valence-corrected chi connectivity index (χ0v) is 33.5. The highest BCUT2D eigenvalue weighted by molar-refractivity contribution is 7.88. The molecule has 4 aromatic carbocycles. The molecule has 1 N–H and O–H groups in total. The third kappa shape index (κ3) is 7.96. The van der Waals surface area contributed by atoms with Crippen molar-refractivity contribution in [1.82, 2.24) is 29.1 Å². The first-order chi connectivity index (χ1) is 29.2. The largest absolute Gasteiger partial charge is 0.534 e. The molecule has 14 nitrogen and oxygen atoms in total. The molecular weight excluding hydrogens is 818 g/mol. The summed E-state index contributed by atoms with van der Waals surface area (Å²) in [6, 6.07) is 27.8. The van der Waals surface area contributed by atoms with Gasteiger partial charge in [0, 0.05) is 33.7 Å². The van der Waals surface area contributed by atoms with Gasteiger partial charge < -0.3 is 28.2 Å². The van der Waals surface area contributed by atoms with E-state index in [4.69, 9.17) is 18.9 Å². The number of nitrogens with zero attached hydrogens (tertiary/aromatic N) is 6. The van der Waals surface area contributed by atoms with Gasteiger partial charge in [-0.1, -0.05) is 38.1 Å². The lowest BCUT2D eigenvalue weighted by Gasteiger charge is -2.37. The van der Waals surface area contributed by atoms with Crippen molar-refractivity contribution in [3.8, 4) is 34.6 Å². The maximum Gasteiger partial charge on any atom is 0.534 e. The lowest BCUT2D eigenvalue weighted by Crippen LogP contribution is -2.44. The van der Waals surface area contributed by atoms with Gasteiger partial charge in [0.1, 0.15) is 52.6 Å². The van der Waals surface area contributed by atoms with Crippen molar-refractivity contribution in [3.63, 3.8) is 0 Å². The van der Waals surface area contributed by atoms with E-state index in [1.807, 2.05) is 47.0 Å². The molecule has 2 aliphatic rings. The van der Waals surface area contributed by atoms with Crippen LogP contribution in [0.4, 0.5) is 13.2 Å². The maximum absolute atomic E-state index is 12.8. The summed E-state index contributed by atoms with van der Waals surface area (Å²) in [4.78, 5) is 17.8. The number of para-hydroxylation sites is 2. The molecule has 2 saturated heterocycles. The lowest BCUT2D eigenvalue weighted by atomic mass is 9.90. The van der Waals surface area contributed by atoms with E-state index < -0.39 is 21.4 Å². The second kappa shape index (κ2) is 15.2. The van der Waals surface area contributed by atoms with Crippen LogP contribution in [0.2, 0.25) is 0 Å². The summed E-state index contributed by atoms with van der Waals surface area (Å²) in [5, 5.41) is 11.4. The van der Waals surface area contributed by atoms with Crippen LogP contribution in [-0.2, 0) is 19.6 Å². The van der Waals surface area contributed by atoms with Gasteiger partial charge in [0.2, 0.25) is 0 Å². The number of pyridine rings is 2. The molecule has 10 rings (SSSR count). The Kier molecular flexibility index (Phi) is 9.95. The highest BCUT2D eigenvalue weighted by Crippen LogP contribution is 2.34.